The predicted octanol–water partition coefficient (Wildman–Crippen LogP) is 1.91. The van der Waals surface area contributed by atoms with Crippen molar-refractivity contribution < 1.29 is 0 Å². The van der Waals surface area contributed by atoms with Crippen LogP contribution < -0.4 is 5.73 Å². The highest BCUT2D eigenvalue weighted by atomic mass is 127. The first-order valence-electron chi connectivity index (χ1n) is 2.74. The Morgan fingerprint density at radius 2 is 2.40 bits per heavy atom. The first-order valence-corrected chi connectivity index (χ1v) is 4.61. The SMILES string of the molecule is NCc1ncc(Br)cc1I. The van der Waals surface area contributed by atoms with Crippen molar-refractivity contribution in [2.24, 2.45) is 5.73 Å². The molecule has 0 aliphatic heterocycles. The van der Waals surface area contributed by atoms with Gasteiger partial charge in [-0.1, -0.05) is 0 Å². The van der Waals surface area contributed by atoms with E-state index in [2.05, 4.69) is 43.5 Å². The van der Waals surface area contributed by atoms with Crippen LogP contribution in [-0.4, -0.2) is 4.98 Å². The third-order valence-electron chi connectivity index (χ3n) is 1.08. The van der Waals surface area contributed by atoms with E-state index in [4.69, 9.17) is 5.73 Å². The van der Waals surface area contributed by atoms with Gasteiger partial charge < -0.3 is 5.73 Å². The monoisotopic (exact) mass is 312 g/mol. The topological polar surface area (TPSA) is 38.9 Å². The maximum absolute atomic E-state index is 5.42. The largest absolute Gasteiger partial charge is 0.325 e. The Kier molecular flexibility index (Phi) is 3.06. The Labute approximate surface area is 81.5 Å². The molecule has 0 aromatic carbocycles. The summed E-state index contributed by atoms with van der Waals surface area (Å²) in [4.78, 5) is 4.12. The predicted molar refractivity (Wildman–Crippen MR) is 52.5 cm³/mol. The number of nitrogens with zero attached hydrogens (tertiary/aromatic N) is 1. The highest BCUT2D eigenvalue weighted by molar-refractivity contribution is 14.1. The van der Waals surface area contributed by atoms with Gasteiger partial charge in [-0.15, -0.1) is 0 Å². The van der Waals surface area contributed by atoms with Gasteiger partial charge >= 0.3 is 0 Å². The van der Waals surface area contributed by atoms with E-state index in [1.807, 2.05) is 6.07 Å². The maximum Gasteiger partial charge on any atom is 0.0673 e. The first kappa shape index (κ1) is 8.42. The molecule has 0 radical (unpaired) electrons. The van der Waals surface area contributed by atoms with E-state index in [0.717, 1.165) is 13.7 Å². The Bertz CT molecular complexity index is 239. The molecule has 0 spiro atoms. The summed E-state index contributed by atoms with van der Waals surface area (Å²) >= 11 is 5.53. The molecular formula is C6H6BrIN2. The average Bonchev–Trinajstić information content (AvgIpc) is 1.88. The lowest BCUT2D eigenvalue weighted by Crippen LogP contribution is -2.01. The second-order valence-electron chi connectivity index (χ2n) is 1.79. The summed E-state index contributed by atoms with van der Waals surface area (Å²) < 4.78 is 2.10. The van der Waals surface area contributed by atoms with Gasteiger partial charge in [0, 0.05) is 20.8 Å². The summed E-state index contributed by atoms with van der Waals surface area (Å²) in [6, 6.07) is 2.00. The Morgan fingerprint density at radius 1 is 1.70 bits per heavy atom. The van der Waals surface area contributed by atoms with Crippen molar-refractivity contribution >= 4 is 38.5 Å². The third kappa shape index (κ3) is 1.90. The van der Waals surface area contributed by atoms with Crippen molar-refractivity contribution in [2.45, 2.75) is 6.54 Å². The molecule has 1 aromatic rings. The van der Waals surface area contributed by atoms with Crippen LogP contribution in [0, 0.1) is 3.57 Å². The molecule has 0 unspecified atom stereocenters. The van der Waals surface area contributed by atoms with Crippen LogP contribution in [0.25, 0.3) is 0 Å². The second-order valence-corrected chi connectivity index (χ2v) is 3.86. The molecule has 2 N–H and O–H groups in total. The Hall–Kier alpha value is 0.320. The number of rotatable bonds is 1. The molecule has 0 fully saturated rings. The second kappa shape index (κ2) is 3.64. The lowest BCUT2D eigenvalue weighted by molar-refractivity contribution is 0.975. The highest BCUT2D eigenvalue weighted by Crippen LogP contribution is 2.14. The number of hydrogen-bond donors (Lipinski definition) is 1. The summed E-state index contributed by atoms with van der Waals surface area (Å²) in [6.07, 6.45) is 1.75. The van der Waals surface area contributed by atoms with Crippen LogP contribution in [0.2, 0.25) is 0 Å². The fourth-order valence-electron chi connectivity index (χ4n) is 0.593. The number of pyridine rings is 1. The van der Waals surface area contributed by atoms with E-state index in [1.165, 1.54) is 0 Å². The molecule has 1 heterocycles. The molecule has 0 aliphatic carbocycles. The minimum Gasteiger partial charge on any atom is -0.325 e. The zero-order valence-electron chi connectivity index (χ0n) is 5.14. The fraction of sp³-hybridized carbons (Fsp3) is 0.167. The minimum absolute atomic E-state index is 0.506. The molecule has 0 saturated heterocycles. The lowest BCUT2D eigenvalue weighted by atomic mass is 10.4. The minimum atomic E-state index is 0.506. The van der Waals surface area contributed by atoms with Crippen molar-refractivity contribution in [2.75, 3.05) is 0 Å². The standard InChI is InChI=1S/C6H6BrIN2/c7-4-1-5(8)6(2-9)10-3-4/h1,3H,2,9H2. The van der Waals surface area contributed by atoms with Crippen LogP contribution in [0.5, 0.6) is 0 Å². The Morgan fingerprint density at radius 3 is 2.90 bits per heavy atom. The van der Waals surface area contributed by atoms with E-state index in [0.29, 0.717) is 6.54 Å². The number of hydrogen-bond acceptors (Lipinski definition) is 2. The van der Waals surface area contributed by atoms with E-state index >= 15 is 0 Å². The zero-order chi connectivity index (χ0) is 7.56. The summed E-state index contributed by atoms with van der Waals surface area (Å²) in [7, 11) is 0. The molecule has 1 rings (SSSR count). The first-order chi connectivity index (χ1) is 4.74. The van der Waals surface area contributed by atoms with Crippen molar-refractivity contribution in [1.29, 1.82) is 0 Å². The van der Waals surface area contributed by atoms with Crippen LogP contribution >= 0.6 is 38.5 Å². The van der Waals surface area contributed by atoms with Gasteiger partial charge in [0.2, 0.25) is 0 Å². The van der Waals surface area contributed by atoms with E-state index < -0.39 is 0 Å². The van der Waals surface area contributed by atoms with Crippen molar-refractivity contribution in [3.05, 3.63) is 26.0 Å². The van der Waals surface area contributed by atoms with Crippen molar-refractivity contribution in [3.8, 4) is 0 Å². The molecule has 0 atom stereocenters. The summed E-state index contributed by atoms with van der Waals surface area (Å²) in [6.45, 7) is 0.506. The van der Waals surface area contributed by atoms with Crippen molar-refractivity contribution in [1.82, 2.24) is 4.98 Å². The van der Waals surface area contributed by atoms with Crippen molar-refractivity contribution in [3.63, 3.8) is 0 Å². The smallest absolute Gasteiger partial charge is 0.0673 e. The highest BCUT2D eigenvalue weighted by Gasteiger charge is 1.97. The van der Waals surface area contributed by atoms with Gasteiger partial charge in [0.25, 0.3) is 0 Å². The van der Waals surface area contributed by atoms with Crippen LogP contribution in [-0.2, 0) is 6.54 Å². The number of halogens is 2. The quantitative estimate of drug-likeness (QED) is 0.805. The zero-order valence-corrected chi connectivity index (χ0v) is 8.89. The molecule has 54 valence electrons. The summed E-state index contributed by atoms with van der Waals surface area (Å²) in [5.74, 6) is 0. The average molecular weight is 313 g/mol. The molecule has 0 amide bonds. The van der Waals surface area contributed by atoms with Crippen LogP contribution in [0.3, 0.4) is 0 Å². The van der Waals surface area contributed by atoms with Gasteiger partial charge in [0.15, 0.2) is 0 Å². The van der Waals surface area contributed by atoms with Gasteiger partial charge in [0.05, 0.1) is 5.69 Å². The van der Waals surface area contributed by atoms with Gasteiger partial charge in [-0.2, -0.15) is 0 Å². The fourth-order valence-corrected chi connectivity index (χ4v) is 2.05. The lowest BCUT2D eigenvalue weighted by Gasteiger charge is -1.98. The van der Waals surface area contributed by atoms with E-state index in [-0.39, 0.29) is 0 Å². The van der Waals surface area contributed by atoms with Crippen LogP contribution in [0.1, 0.15) is 5.69 Å². The molecule has 1 aromatic heterocycles. The maximum atomic E-state index is 5.42. The molecule has 4 heteroatoms. The van der Waals surface area contributed by atoms with Crippen LogP contribution in [0.15, 0.2) is 16.7 Å². The van der Waals surface area contributed by atoms with E-state index in [1.54, 1.807) is 6.20 Å². The number of aromatic nitrogens is 1. The Balaban J connectivity index is 3.07. The molecule has 0 bridgehead atoms. The molecule has 10 heavy (non-hydrogen) atoms. The number of nitrogens with two attached hydrogens (primary N) is 1. The third-order valence-corrected chi connectivity index (χ3v) is 2.45. The summed E-state index contributed by atoms with van der Waals surface area (Å²) in [5.41, 5.74) is 6.37. The summed E-state index contributed by atoms with van der Waals surface area (Å²) in [5, 5.41) is 0. The van der Waals surface area contributed by atoms with Crippen LogP contribution in [0.4, 0.5) is 0 Å². The molecule has 0 saturated carbocycles. The van der Waals surface area contributed by atoms with E-state index in [9.17, 15) is 0 Å². The normalized spacial score (nSPS) is 9.90. The van der Waals surface area contributed by atoms with Gasteiger partial charge in [-0.05, 0) is 44.6 Å². The van der Waals surface area contributed by atoms with Gasteiger partial charge in [-0.3, -0.25) is 4.98 Å². The van der Waals surface area contributed by atoms with Gasteiger partial charge in [-0.25, -0.2) is 0 Å². The molecule has 2 nitrogen and oxygen atoms in total. The van der Waals surface area contributed by atoms with Gasteiger partial charge in [0.1, 0.15) is 0 Å². The molecular weight excluding hydrogens is 307 g/mol. The molecule has 0 aliphatic rings.